The van der Waals surface area contributed by atoms with Gasteiger partial charge in [0.2, 0.25) is 0 Å². The van der Waals surface area contributed by atoms with Gasteiger partial charge >= 0.3 is 18.3 Å². The van der Waals surface area contributed by atoms with Crippen molar-refractivity contribution in [3.05, 3.63) is 89.7 Å². The number of nitrogens with zero attached hydrogens (tertiary/aromatic N) is 3. The third-order valence-electron chi connectivity index (χ3n) is 7.56. The first-order chi connectivity index (χ1) is 19.3. The molecular weight excluding hydrogens is 548 g/mol. The summed E-state index contributed by atoms with van der Waals surface area (Å²) in [4.78, 5) is 21.1. The van der Waals surface area contributed by atoms with Crippen LogP contribution in [0.2, 0.25) is 0 Å². The number of piperazine rings is 1. The summed E-state index contributed by atoms with van der Waals surface area (Å²) in [6.07, 6.45) is -7.56. The van der Waals surface area contributed by atoms with Crippen molar-refractivity contribution >= 4 is 5.97 Å². The first-order valence-corrected chi connectivity index (χ1v) is 13.2. The zero-order valence-corrected chi connectivity index (χ0v) is 22.7. The van der Waals surface area contributed by atoms with Crippen LogP contribution in [0.3, 0.4) is 0 Å². The van der Waals surface area contributed by atoms with E-state index in [0.29, 0.717) is 37.3 Å². The summed E-state index contributed by atoms with van der Waals surface area (Å²) >= 11 is 0. The molecule has 1 aliphatic heterocycles. The summed E-state index contributed by atoms with van der Waals surface area (Å²) in [5, 5.41) is 0. The molecule has 0 N–H and O–H groups in total. The van der Waals surface area contributed by atoms with Gasteiger partial charge in [-0.3, -0.25) is 19.6 Å². The second-order valence-electron chi connectivity index (χ2n) is 10.2. The summed E-state index contributed by atoms with van der Waals surface area (Å²) in [5.41, 5.74) is -1.67. The minimum absolute atomic E-state index is 0.155. The molecule has 5 nitrogen and oxygen atoms in total. The Morgan fingerprint density at radius 3 is 1.90 bits per heavy atom. The standard InChI is InChI=1S/C30H31F6N3O2/c1-3-41-27(40)26-20-38(16-17-39(26)19-22-12-14-37-15-13-22)18-21-4-6-23(7-5-21)24-8-10-25(11-9-24)28(2,29(31,32)33)30(34,35)36/h4-15,26H,3,16-20H2,1-2H3/t26-/m1/s1. The zero-order valence-electron chi connectivity index (χ0n) is 22.7. The Hall–Kier alpha value is -3.44. The van der Waals surface area contributed by atoms with Gasteiger partial charge in [-0.2, -0.15) is 26.3 Å². The molecule has 4 rings (SSSR count). The second-order valence-corrected chi connectivity index (χ2v) is 10.2. The number of hydrogen-bond acceptors (Lipinski definition) is 5. The van der Waals surface area contributed by atoms with Gasteiger partial charge in [0.15, 0.2) is 5.41 Å². The molecule has 1 atom stereocenters. The molecule has 0 unspecified atom stereocenters. The zero-order chi connectivity index (χ0) is 29.8. The van der Waals surface area contributed by atoms with Crippen molar-refractivity contribution in [2.24, 2.45) is 0 Å². The van der Waals surface area contributed by atoms with Crippen molar-refractivity contribution in [2.45, 2.75) is 50.7 Å². The van der Waals surface area contributed by atoms with Crippen LogP contribution in [-0.2, 0) is 28.0 Å². The van der Waals surface area contributed by atoms with Crippen molar-refractivity contribution in [1.82, 2.24) is 14.8 Å². The third-order valence-corrected chi connectivity index (χ3v) is 7.56. The Morgan fingerprint density at radius 2 is 1.37 bits per heavy atom. The highest BCUT2D eigenvalue weighted by Crippen LogP contribution is 2.51. The van der Waals surface area contributed by atoms with E-state index in [1.807, 2.05) is 24.3 Å². The summed E-state index contributed by atoms with van der Waals surface area (Å²) in [6.45, 7) is 5.23. The van der Waals surface area contributed by atoms with Crippen molar-refractivity contribution in [3.8, 4) is 11.1 Å². The van der Waals surface area contributed by atoms with Crippen LogP contribution in [-0.4, -0.2) is 65.4 Å². The number of carbonyl (C=O) groups excluding carboxylic acids is 1. The topological polar surface area (TPSA) is 45.7 Å². The number of halogens is 6. The molecule has 41 heavy (non-hydrogen) atoms. The minimum Gasteiger partial charge on any atom is -0.465 e. The quantitative estimate of drug-likeness (QED) is 0.229. The van der Waals surface area contributed by atoms with Crippen LogP contribution in [0.5, 0.6) is 0 Å². The normalized spacial score (nSPS) is 17.4. The fourth-order valence-corrected chi connectivity index (χ4v) is 4.94. The number of carbonyl (C=O) groups is 1. The maximum atomic E-state index is 13.4. The summed E-state index contributed by atoms with van der Waals surface area (Å²) in [6, 6.07) is 15.0. The molecule has 0 bridgehead atoms. The third kappa shape index (κ3) is 6.73. The Balaban J connectivity index is 1.44. The van der Waals surface area contributed by atoms with E-state index in [0.717, 1.165) is 29.8 Å². The fourth-order valence-electron chi connectivity index (χ4n) is 4.94. The maximum Gasteiger partial charge on any atom is 0.406 e. The van der Waals surface area contributed by atoms with E-state index < -0.39 is 29.4 Å². The number of ether oxygens (including phenoxy) is 1. The highest BCUT2D eigenvalue weighted by molar-refractivity contribution is 5.76. The average Bonchev–Trinajstić information content (AvgIpc) is 2.93. The number of rotatable bonds is 8. The van der Waals surface area contributed by atoms with Gasteiger partial charge in [0.25, 0.3) is 0 Å². The van der Waals surface area contributed by atoms with E-state index in [1.165, 1.54) is 12.1 Å². The van der Waals surface area contributed by atoms with E-state index in [1.54, 1.807) is 31.5 Å². The summed E-state index contributed by atoms with van der Waals surface area (Å²) in [5.74, 6) is -0.280. The lowest BCUT2D eigenvalue weighted by atomic mass is 9.80. The molecule has 0 saturated carbocycles. The lowest BCUT2D eigenvalue weighted by molar-refractivity contribution is -0.297. The van der Waals surface area contributed by atoms with Crippen molar-refractivity contribution in [3.63, 3.8) is 0 Å². The maximum absolute atomic E-state index is 13.4. The molecule has 0 amide bonds. The fraction of sp³-hybridized carbons (Fsp3) is 0.400. The van der Waals surface area contributed by atoms with Crippen LogP contribution in [0.15, 0.2) is 73.1 Å². The first kappa shape index (κ1) is 30.5. The van der Waals surface area contributed by atoms with Crippen LogP contribution in [0.4, 0.5) is 26.3 Å². The first-order valence-electron chi connectivity index (χ1n) is 13.2. The molecule has 1 aromatic heterocycles. The van der Waals surface area contributed by atoms with Gasteiger partial charge in [-0.25, -0.2) is 0 Å². The summed E-state index contributed by atoms with van der Waals surface area (Å²) < 4.78 is 85.8. The molecule has 1 aliphatic rings. The monoisotopic (exact) mass is 579 g/mol. The van der Waals surface area contributed by atoms with Crippen LogP contribution >= 0.6 is 0 Å². The molecule has 1 fully saturated rings. The van der Waals surface area contributed by atoms with Crippen LogP contribution < -0.4 is 0 Å². The molecule has 2 heterocycles. The van der Waals surface area contributed by atoms with Crippen LogP contribution in [0.25, 0.3) is 11.1 Å². The Kier molecular flexibility index (Phi) is 9.08. The Bertz CT molecular complexity index is 1280. The van der Waals surface area contributed by atoms with Crippen molar-refractivity contribution < 1.29 is 35.9 Å². The number of pyridine rings is 1. The molecule has 2 aromatic carbocycles. The molecule has 3 aromatic rings. The van der Waals surface area contributed by atoms with Gasteiger partial charge in [-0.05, 0) is 53.8 Å². The molecule has 220 valence electrons. The highest BCUT2D eigenvalue weighted by Gasteiger charge is 2.68. The SMILES string of the molecule is CCOC(=O)[C@H]1CN(Cc2ccc(-c3ccc(C(C)(C(F)(F)F)C(F)(F)F)cc3)cc2)CCN1Cc1ccncc1. The number of hydrogen-bond donors (Lipinski definition) is 0. The average molecular weight is 580 g/mol. The lowest BCUT2D eigenvalue weighted by Crippen LogP contribution is -2.56. The second kappa shape index (κ2) is 12.2. The van der Waals surface area contributed by atoms with E-state index in [4.69, 9.17) is 4.74 Å². The van der Waals surface area contributed by atoms with Crippen LogP contribution in [0, 0.1) is 0 Å². The van der Waals surface area contributed by atoms with E-state index in [9.17, 15) is 31.1 Å². The largest absolute Gasteiger partial charge is 0.465 e. The predicted octanol–water partition coefficient (Wildman–Crippen LogP) is 6.38. The Labute approximate surface area is 234 Å². The summed E-state index contributed by atoms with van der Waals surface area (Å²) in [7, 11) is 0. The molecule has 0 aliphatic carbocycles. The van der Waals surface area contributed by atoms with Gasteiger partial charge in [0.05, 0.1) is 6.61 Å². The molecule has 0 spiro atoms. The van der Waals surface area contributed by atoms with Gasteiger partial charge in [0, 0.05) is 45.1 Å². The molecular formula is C30H31F6N3O2. The van der Waals surface area contributed by atoms with Gasteiger partial charge in [0.1, 0.15) is 6.04 Å². The van der Waals surface area contributed by atoms with E-state index in [2.05, 4.69) is 14.8 Å². The van der Waals surface area contributed by atoms with Crippen LogP contribution in [0.1, 0.15) is 30.5 Å². The van der Waals surface area contributed by atoms with Crippen molar-refractivity contribution in [1.29, 1.82) is 0 Å². The molecule has 11 heteroatoms. The molecule has 1 saturated heterocycles. The smallest absolute Gasteiger partial charge is 0.406 e. The Morgan fingerprint density at radius 1 is 0.829 bits per heavy atom. The number of aromatic nitrogens is 1. The lowest BCUT2D eigenvalue weighted by Gasteiger charge is -2.40. The van der Waals surface area contributed by atoms with Gasteiger partial charge < -0.3 is 4.74 Å². The number of esters is 1. The van der Waals surface area contributed by atoms with Crippen molar-refractivity contribution in [2.75, 3.05) is 26.2 Å². The molecule has 0 radical (unpaired) electrons. The van der Waals surface area contributed by atoms with E-state index in [-0.39, 0.29) is 19.5 Å². The van der Waals surface area contributed by atoms with Gasteiger partial charge in [-0.15, -0.1) is 0 Å². The van der Waals surface area contributed by atoms with E-state index >= 15 is 0 Å². The van der Waals surface area contributed by atoms with Gasteiger partial charge in [-0.1, -0.05) is 48.5 Å². The number of alkyl halides is 6. The highest BCUT2D eigenvalue weighted by atomic mass is 19.4. The number of benzene rings is 2. The predicted molar refractivity (Wildman–Crippen MR) is 142 cm³/mol. The minimum atomic E-state index is -5.49.